The number of amides is 2. The van der Waals surface area contributed by atoms with Crippen LogP contribution in [0.5, 0.6) is 11.5 Å². The third-order valence-electron chi connectivity index (χ3n) is 7.38. The average molecular weight is 444 g/mol. The van der Waals surface area contributed by atoms with E-state index >= 15 is 0 Å². The minimum absolute atomic E-state index is 0.0462. The minimum atomic E-state index is -0.406. The summed E-state index contributed by atoms with van der Waals surface area (Å²) in [4.78, 5) is 30.1. The molecule has 3 aromatic rings. The third-order valence-corrected chi connectivity index (χ3v) is 7.38. The Bertz CT molecular complexity index is 1310. The maximum atomic E-state index is 13.3. The molecule has 4 aliphatic rings. The number of nitrogens with zero attached hydrogens (tertiary/aromatic N) is 3. The first-order valence-corrected chi connectivity index (χ1v) is 11.8. The summed E-state index contributed by atoms with van der Waals surface area (Å²) in [6, 6.07) is 13.9. The van der Waals surface area contributed by atoms with E-state index in [1.54, 1.807) is 9.80 Å². The van der Waals surface area contributed by atoms with E-state index in [1.165, 1.54) is 12.8 Å². The van der Waals surface area contributed by atoms with Crippen LogP contribution < -0.4 is 9.47 Å². The summed E-state index contributed by atoms with van der Waals surface area (Å²) in [5, 5.41) is 1.14. The Hall–Kier alpha value is -3.48. The Morgan fingerprint density at radius 2 is 1.76 bits per heavy atom. The van der Waals surface area contributed by atoms with Gasteiger partial charge in [-0.25, -0.2) is 0 Å². The molecule has 0 N–H and O–H groups in total. The fourth-order valence-corrected chi connectivity index (χ4v) is 5.59. The second kappa shape index (κ2) is 7.01. The zero-order chi connectivity index (χ0) is 22.1. The van der Waals surface area contributed by atoms with Crippen LogP contribution in [0.1, 0.15) is 24.1 Å². The molecule has 7 heteroatoms. The maximum Gasteiger partial charge on any atom is 0.246 e. The lowest BCUT2D eigenvalue weighted by molar-refractivity contribution is -0.157. The number of carbonyl (C=O) groups excluding carboxylic acids is 2. The molecule has 7 nitrogen and oxygen atoms in total. The lowest BCUT2D eigenvalue weighted by Gasteiger charge is -2.43. The smallest absolute Gasteiger partial charge is 0.246 e. The first kappa shape index (κ1) is 19.0. The molecule has 1 atom stereocenters. The molecule has 33 heavy (non-hydrogen) atoms. The number of benzene rings is 2. The van der Waals surface area contributed by atoms with Crippen molar-refractivity contribution in [1.82, 2.24) is 14.4 Å². The summed E-state index contributed by atoms with van der Waals surface area (Å²) in [6.07, 6.45) is 2.89. The SMILES string of the molecule is O=C1C2Cc3c(n(-c4ccc5c(c4)OCCO5)c4ccccc34)CN2C(=O)CN1CC1CC1. The van der Waals surface area contributed by atoms with Gasteiger partial charge in [-0.05, 0) is 42.5 Å². The van der Waals surface area contributed by atoms with E-state index in [1.807, 2.05) is 30.3 Å². The Balaban J connectivity index is 1.34. The van der Waals surface area contributed by atoms with Crippen LogP contribution in [-0.4, -0.2) is 58.5 Å². The molecule has 3 aliphatic heterocycles. The third kappa shape index (κ3) is 2.95. The molecule has 2 fully saturated rings. The van der Waals surface area contributed by atoms with Gasteiger partial charge in [0.15, 0.2) is 11.5 Å². The van der Waals surface area contributed by atoms with Crippen molar-refractivity contribution in [1.29, 1.82) is 0 Å². The Morgan fingerprint density at radius 1 is 0.939 bits per heavy atom. The van der Waals surface area contributed by atoms with E-state index in [0.717, 1.165) is 45.9 Å². The number of ether oxygens (including phenoxy) is 2. The van der Waals surface area contributed by atoms with Crippen molar-refractivity contribution >= 4 is 22.7 Å². The quantitative estimate of drug-likeness (QED) is 0.625. The van der Waals surface area contributed by atoms with Crippen LogP contribution in [0.2, 0.25) is 0 Å². The van der Waals surface area contributed by atoms with Gasteiger partial charge >= 0.3 is 0 Å². The van der Waals surface area contributed by atoms with Crippen LogP contribution in [0.15, 0.2) is 42.5 Å². The van der Waals surface area contributed by atoms with Gasteiger partial charge in [0.25, 0.3) is 0 Å². The predicted molar refractivity (Wildman–Crippen MR) is 122 cm³/mol. The van der Waals surface area contributed by atoms with Crippen molar-refractivity contribution in [3.05, 3.63) is 53.7 Å². The van der Waals surface area contributed by atoms with Gasteiger partial charge in [0.2, 0.25) is 11.8 Å². The minimum Gasteiger partial charge on any atom is -0.486 e. The van der Waals surface area contributed by atoms with Gasteiger partial charge in [-0.15, -0.1) is 0 Å². The van der Waals surface area contributed by atoms with Gasteiger partial charge in [0.05, 0.1) is 18.6 Å². The van der Waals surface area contributed by atoms with Gasteiger partial charge in [-0.2, -0.15) is 0 Å². The highest BCUT2D eigenvalue weighted by Crippen LogP contribution is 2.40. The van der Waals surface area contributed by atoms with Gasteiger partial charge < -0.3 is 23.8 Å². The van der Waals surface area contributed by atoms with Crippen molar-refractivity contribution in [3.63, 3.8) is 0 Å². The molecule has 1 aromatic heterocycles. The summed E-state index contributed by atoms with van der Waals surface area (Å²) in [5.41, 5.74) is 4.28. The second-order valence-electron chi connectivity index (χ2n) is 9.51. The van der Waals surface area contributed by atoms with Crippen molar-refractivity contribution in [2.75, 3.05) is 26.3 Å². The highest BCUT2D eigenvalue weighted by molar-refractivity contribution is 5.97. The number of aromatic nitrogens is 1. The molecule has 2 amide bonds. The van der Waals surface area contributed by atoms with Crippen molar-refractivity contribution in [2.24, 2.45) is 5.92 Å². The number of carbonyl (C=O) groups is 2. The fraction of sp³-hybridized carbons (Fsp3) is 0.385. The normalized spacial score (nSPS) is 21.9. The molecule has 4 heterocycles. The topological polar surface area (TPSA) is 64.0 Å². The Labute approximate surface area is 191 Å². The van der Waals surface area contributed by atoms with Crippen LogP contribution in [0.4, 0.5) is 0 Å². The molecule has 1 unspecified atom stereocenters. The van der Waals surface area contributed by atoms with Crippen LogP contribution in [-0.2, 0) is 22.6 Å². The van der Waals surface area contributed by atoms with Crippen molar-refractivity contribution in [2.45, 2.75) is 31.8 Å². The van der Waals surface area contributed by atoms with Gasteiger partial charge in [-0.3, -0.25) is 9.59 Å². The summed E-state index contributed by atoms with van der Waals surface area (Å²) in [5.74, 6) is 2.21. The summed E-state index contributed by atoms with van der Waals surface area (Å²) >= 11 is 0. The van der Waals surface area contributed by atoms with E-state index in [4.69, 9.17) is 9.47 Å². The number of rotatable bonds is 3. The molecular formula is C26H25N3O4. The lowest BCUT2D eigenvalue weighted by Crippen LogP contribution is -2.61. The first-order chi connectivity index (χ1) is 16.2. The molecule has 7 rings (SSSR count). The molecule has 1 aliphatic carbocycles. The predicted octanol–water partition coefficient (Wildman–Crippen LogP) is 2.91. The van der Waals surface area contributed by atoms with Crippen LogP contribution in [0.3, 0.4) is 0 Å². The monoisotopic (exact) mass is 443 g/mol. The number of piperazine rings is 1. The number of fused-ring (bicyclic) bond motifs is 5. The zero-order valence-electron chi connectivity index (χ0n) is 18.3. The highest BCUT2D eigenvalue weighted by atomic mass is 16.6. The van der Waals surface area contributed by atoms with E-state index in [-0.39, 0.29) is 18.4 Å². The molecule has 2 aromatic carbocycles. The molecule has 1 saturated carbocycles. The number of hydrogen-bond acceptors (Lipinski definition) is 4. The van der Waals surface area contributed by atoms with Crippen LogP contribution >= 0.6 is 0 Å². The summed E-state index contributed by atoms with van der Waals surface area (Å²) in [6.45, 7) is 2.44. The van der Waals surface area contributed by atoms with Crippen LogP contribution in [0, 0.1) is 5.92 Å². The van der Waals surface area contributed by atoms with Crippen LogP contribution in [0.25, 0.3) is 16.6 Å². The second-order valence-corrected chi connectivity index (χ2v) is 9.51. The van der Waals surface area contributed by atoms with E-state index in [9.17, 15) is 9.59 Å². The Morgan fingerprint density at radius 3 is 2.61 bits per heavy atom. The van der Waals surface area contributed by atoms with Crippen molar-refractivity contribution < 1.29 is 19.1 Å². The molecule has 1 saturated heterocycles. The fourth-order valence-electron chi connectivity index (χ4n) is 5.59. The Kier molecular flexibility index (Phi) is 4.04. The average Bonchev–Trinajstić information content (AvgIpc) is 3.61. The standard InChI is InChI=1S/C26H25N3O4/c30-25-15-27(13-16-5-6-16)26(31)21-12-19-18-3-1-2-4-20(18)29(22(19)14-28(21)25)17-7-8-23-24(11-17)33-10-9-32-23/h1-4,7-8,11,16,21H,5-6,9-10,12-15H2. The molecule has 0 spiro atoms. The number of hydrogen-bond donors (Lipinski definition) is 0. The lowest BCUT2D eigenvalue weighted by atomic mass is 9.93. The summed E-state index contributed by atoms with van der Waals surface area (Å²) in [7, 11) is 0. The first-order valence-electron chi connectivity index (χ1n) is 11.8. The molecule has 0 bridgehead atoms. The highest BCUT2D eigenvalue weighted by Gasteiger charge is 2.44. The van der Waals surface area contributed by atoms with Gasteiger partial charge in [0, 0.05) is 35.8 Å². The van der Waals surface area contributed by atoms with E-state index in [2.05, 4.69) is 16.7 Å². The molecular weight excluding hydrogens is 418 g/mol. The molecule has 0 radical (unpaired) electrons. The number of para-hydroxylation sites is 1. The summed E-state index contributed by atoms with van der Waals surface area (Å²) < 4.78 is 13.8. The van der Waals surface area contributed by atoms with Crippen molar-refractivity contribution in [3.8, 4) is 17.2 Å². The maximum absolute atomic E-state index is 13.3. The van der Waals surface area contributed by atoms with Gasteiger partial charge in [0.1, 0.15) is 19.3 Å². The van der Waals surface area contributed by atoms with E-state index in [0.29, 0.717) is 32.1 Å². The largest absolute Gasteiger partial charge is 0.486 e. The van der Waals surface area contributed by atoms with Gasteiger partial charge in [-0.1, -0.05) is 18.2 Å². The molecule has 168 valence electrons. The zero-order valence-corrected chi connectivity index (χ0v) is 18.3. The van der Waals surface area contributed by atoms with E-state index < -0.39 is 6.04 Å².